The highest BCUT2D eigenvalue weighted by Gasteiger charge is 2.18. The summed E-state index contributed by atoms with van der Waals surface area (Å²) in [6.45, 7) is 0.993. The van der Waals surface area contributed by atoms with Crippen LogP contribution >= 0.6 is 11.6 Å². The van der Waals surface area contributed by atoms with E-state index in [1.807, 2.05) is 42.5 Å². The first-order valence-electron chi connectivity index (χ1n) is 10.5. The molecule has 0 spiro atoms. The van der Waals surface area contributed by atoms with E-state index >= 15 is 0 Å². The van der Waals surface area contributed by atoms with E-state index < -0.39 is 24.5 Å². The van der Waals surface area contributed by atoms with Crippen LogP contribution in [0.5, 0.6) is 5.75 Å². The zero-order chi connectivity index (χ0) is 23.6. The van der Waals surface area contributed by atoms with Crippen molar-refractivity contribution < 1.29 is 23.9 Å². The largest absolute Gasteiger partial charge is 0.482 e. The van der Waals surface area contributed by atoms with Crippen LogP contribution in [-0.2, 0) is 14.3 Å². The Balaban J connectivity index is 1.52. The van der Waals surface area contributed by atoms with Crippen molar-refractivity contribution in [2.24, 2.45) is 0 Å². The number of carbonyl (C=O) groups is 3. The first kappa shape index (κ1) is 24.0. The summed E-state index contributed by atoms with van der Waals surface area (Å²) in [7, 11) is 0. The Morgan fingerprint density at radius 3 is 2.12 bits per heavy atom. The van der Waals surface area contributed by atoms with Gasteiger partial charge in [-0.3, -0.25) is 9.59 Å². The third kappa shape index (κ3) is 7.19. The SMILES string of the molecule is CCC(=O)c1ccc(OCC(=O)OCC(=O)NC(c2ccccc2)c2ccc(Cl)cc2)cc1. The smallest absolute Gasteiger partial charge is 0.344 e. The van der Waals surface area contributed by atoms with Crippen LogP contribution in [-0.4, -0.2) is 30.9 Å². The fourth-order valence-corrected chi connectivity index (χ4v) is 3.26. The van der Waals surface area contributed by atoms with E-state index in [2.05, 4.69) is 5.32 Å². The summed E-state index contributed by atoms with van der Waals surface area (Å²) in [6, 6.07) is 22.7. The van der Waals surface area contributed by atoms with Gasteiger partial charge in [0.1, 0.15) is 5.75 Å². The maximum absolute atomic E-state index is 12.5. The number of carbonyl (C=O) groups excluding carboxylic acids is 3. The third-order valence-corrected chi connectivity index (χ3v) is 5.11. The molecule has 1 N–H and O–H groups in total. The fourth-order valence-electron chi connectivity index (χ4n) is 3.13. The molecule has 0 heterocycles. The van der Waals surface area contributed by atoms with Gasteiger partial charge < -0.3 is 14.8 Å². The molecular formula is C26H24ClNO5. The highest BCUT2D eigenvalue weighted by atomic mass is 35.5. The predicted octanol–water partition coefficient (Wildman–Crippen LogP) is 4.76. The zero-order valence-corrected chi connectivity index (χ0v) is 18.9. The molecule has 3 rings (SSSR count). The molecule has 0 aromatic heterocycles. The summed E-state index contributed by atoms with van der Waals surface area (Å²) in [5.41, 5.74) is 2.31. The van der Waals surface area contributed by atoms with Crippen molar-refractivity contribution in [1.29, 1.82) is 0 Å². The van der Waals surface area contributed by atoms with Crippen LogP contribution in [0.3, 0.4) is 0 Å². The topological polar surface area (TPSA) is 81.7 Å². The highest BCUT2D eigenvalue weighted by Crippen LogP contribution is 2.23. The summed E-state index contributed by atoms with van der Waals surface area (Å²) in [5, 5.41) is 3.48. The normalized spacial score (nSPS) is 11.3. The number of nitrogens with one attached hydrogen (secondary N) is 1. The van der Waals surface area contributed by atoms with Crippen molar-refractivity contribution in [2.45, 2.75) is 19.4 Å². The van der Waals surface area contributed by atoms with Crippen molar-refractivity contribution in [1.82, 2.24) is 5.32 Å². The van der Waals surface area contributed by atoms with Gasteiger partial charge in [-0.25, -0.2) is 4.79 Å². The molecule has 0 radical (unpaired) electrons. The molecule has 0 fully saturated rings. The number of halogens is 1. The Morgan fingerprint density at radius 2 is 1.48 bits per heavy atom. The molecule has 1 unspecified atom stereocenters. The molecule has 0 aliphatic carbocycles. The minimum absolute atomic E-state index is 0.0272. The molecule has 1 amide bonds. The second kappa shape index (κ2) is 11.8. The van der Waals surface area contributed by atoms with Crippen molar-refractivity contribution in [3.63, 3.8) is 0 Å². The fraction of sp³-hybridized carbons (Fsp3) is 0.192. The Morgan fingerprint density at radius 1 is 0.848 bits per heavy atom. The minimum atomic E-state index is -0.679. The number of ether oxygens (including phenoxy) is 2. The quantitative estimate of drug-likeness (QED) is 0.345. The van der Waals surface area contributed by atoms with E-state index in [1.165, 1.54) is 0 Å². The van der Waals surface area contributed by atoms with Gasteiger partial charge in [0, 0.05) is 17.0 Å². The van der Waals surface area contributed by atoms with Crippen LogP contribution in [0.25, 0.3) is 0 Å². The number of hydrogen-bond acceptors (Lipinski definition) is 5. The molecule has 6 nitrogen and oxygen atoms in total. The molecule has 0 saturated carbocycles. The lowest BCUT2D eigenvalue weighted by Gasteiger charge is -2.20. The van der Waals surface area contributed by atoms with Crippen LogP contribution in [0.15, 0.2) is 78.9 Å². The zero-order valence-electron chi connectivity index (χ0n) is 18.1. The molecule has 7 heteroatoms. The number of amides is 1. The molecule has 1 atom stereocenters. The van der Waals surface area contributed by atoms with Crippen molar-refractivity contribution in [3.8, 4) is 5.75 Å². The molecule has 0 bridgehead atoms. The number of benzene rings is 3. The molecule has 3 aromatic rings. The van der Waals surface area contributed by atoms with E-state index in [0.717, 1.165) is 11.1 Å². The monoisotopic (exact) mass is 465 g/mol. The minimum Gasteiger partial charge on any atom is -0.482 e. The van der Waals surface area contributed by atoms with Crippen LogP contribution in [0, 0.1) is 0 Å². The van der Waals surface area contributed by atoms with Crippen molar-refractivity contribution in [2.75, 3.05) is 13.2 Å². The lowest BCUT2D eigenvalue weighted by Crippen LogP contribution is -2.33. The third-order valence-electron chi connectivity index (χ3n) is 4.86. The van der Waals surface area contributed by atoms with E-state index in [-0.39, 0.29) is 12.4 Å². The average molecular weight is 466 g/mol. The lowest BCUT2D eigenvalue weighted by atomic mass is 9.99. The first-order chi connectivity index (χ1) is 16.0. The lowest BCUT2D eigenvalue weighted by molar-refractivity contribution is -0.150. The highest BCUT2D eigenvalue weighted by molar-refractivity contribution is 6.30. The molecule has 170 valence electrons. The summed E-state index contributed by atoms with van der Waals surface area (Å²) in [5.74, 6) is -0.675. The molecule has 0 aliphatic heterocycles. The number of esters is 1. The van der Waals surface area contributed by atoms with Gasteiger partial charge in [0.05, 0.1) is 6.04 Å². The van der Waals surface area contributed by atoms with Crippen LogP contribution in [0.4, 0.5) is 0 Å². The van der Waals surface area contributed by atoms with Gasteiger partial charge in [0.25, 0.3) is 5.91 Å². The standard InChI is InChI=1S/C26H24ClNO5/c1-2-23(29)18-10-14-22(15-11-18)32-17-25(31)33-16-24(30)28-26(19-6-4-3-5-7-19)20-8-12-21(27)13-9-20/h3-15,26H,2,16-17H2,1H3,(H,28,30). The first-order valence-corrected chi connectivity index (χ1v) is 10.9. The maximum atomic E-state index is 12.5. The average Bonchev–Trinajstić information content (AvgIpc) is 2.85. The molecular weight excluding hydrogens is 442 g/mol. The second-order valence-corrected chi connectivity index (χ2v) is 7.65. The van der Waals surface area contributed by atoms with Crippen LogP contribution in [0.2, 0.25) is 5.02 Å². The number of rotatable bonds is 10. The van der Waals surface area contributed by atoms with E-state index in [0.29, 0.717) is 22.8 Å². The van der Waals surface area contributed by atoms with Crippen molar-refractivity contribution >= 4 is 29.3 Å². The van der Waals surface area contributed by atoms with Gasteiger partial charge in [-0.1, -0.05) is 61.0 Å². The number of hydrogen-bond donors (Lipinski definition) is 1. The maximum Gasteiger partial charge on any atom is 0.344 e. The van der Waals surface area contributed by atoms with Gasteiger partial charge in [0.2, 0.25) is 0 Å². The summed E-state index contributed by atoms with van der Waals surface area (Å²) in [6.07, 6.45) is 0.414. The van der Waals surface area contributed by atoms with Gasteiger partial charge >= 0.3 is 5.97 Å². The van der Waals surface area contributed by atoms with E-state index in [1.54, 1.807) is 43.3 Å². The van der Waals surface area contributed by atoms with Gasteiger partial charge in [-0.05, 0) is 47.5 Å². The van der Waals surface area contributed by atoms with Gasteiger partial charge in [0.15, 0.2) is 19.0 Å². The van der Waals surface area contributed by atoms with Crippen LogP contribution < -0.4 is 10.1 Å². The summed E-state index contributed by atoms with van der Waals surface area (Å²) < 4.78 is 10.4. The number of ketones is 1. The van der Waals surface area contributed by atoms with Crippen molar-refractivity contribution in [3.05, 3.63) is 101 Å². The number of Topliss-reactive ketones (excluding diaryl/α,β-unsaturated/α-hetero) is 1. The van der Waals surface area contributed by atoms with Gasteiger partial charge in [-0.15, -0.1) is 0 Å². The van der Waals surface area contributed by atoms with E-state index in [9.17, 15) is 14.4 Å². The van der Waals surface area contributed by atoms with E-state index in [4.69, 9.17) is 21.1 Å². The van der Waals surface area contributed by atoms with Gasteiger partial charge in [-0.2, -0.15) is 0 Å². The summed E-state index contributed by atoms with van der Waals surface area (Å²) >= 11 is 5.98. The predicted molar refractivity (Wildman–Crippen MR) is 125 cm³/mol. The molecule has 3 aromatic carbocycles. The molecule has 0 aliphatic rings. The summed E-state index contributed by atoms with van der Waals surface area (Å²) in [4.78, 5) is 36.2. The second-order valence-electron chi connectivity index (χ2n) is 7.21. The molecule has 0 saturated heterocycles. The Kier molecular flexibility index (Phi) is 8.61. The van der Waals surface area contributed by atoms with Crippen LogP contribution in [0.1, 0.15) is 40.9 Å². The Labute approximate surface area is 197 Å². The Bertz CT molecular complexity index is 1080. The Hall–Kier alpha value is -3.64. The molecule has 33 heavy (non-hydrogen) atoms.